The van der Waals surface area contributed by atoms with Crippen LogP contribution in [0.25, 0.3) is 0 Å². The van der Waals surface area contributed by atoms with E-state index in [9.17, 15) is 24.7 Å². The fourth-order valence-electron chi connectivity index (χ4n) is 8.74. The van der Waals surface area contributed by atoms with Gasteiger partial charge in [-0.2, -0.15) is 5.06 Å². The van der Waals surface area contributed by atoms with Crippen LogP contribution in [0.2, 0.25) is 0 Å². The summed E-state index contributed by atoms with van der Waals surface area (Å²) < 4.78 is 34.1. The number of nitrogens with zero attached hydrogens (tertiary/aromatic N) is 1. The van der Waals surface area contributed by atoms with Crippen molar-refractivity contribution in [3.05, 3.63) is 76.9 Å². The van der Waals surface area contributed by atoms with E-state index in [-0.39, 0.29) is 37.1 Å². The van der Waals surface area contributed by atoms with Crippen molar-refractivity contribution in [2.24, 2.45) is 11.8 Å². The second-order valence-corrected chi connectivity index (χ2v) is 15.7. The number of piperidine rings is 1. The molecule has 0 bridgehead atoms. The maximum Gasteiger partial charge on any atom is 0.408 e. The smallest absolute Gasteiger partial charge is 0.408 e. The number of hydrogen-bond acceptors (Lipinski definition) is 12. The van der Waals surface area contributed by atoms with Gasteiger partial charge in [0.2, 0.25) is 18.4 Å². The lowest BCUT2D eigenvalue weighted by Crippen LogP contribution is -2.61. The van der Waals surface area contributed by atoms with E-state index in [4.69, 9.17) is 28.4 Å². The molecule has 3 aromatic rings. The first kappa shape index (κ1) is 37.1. The van der Waals surface area contributed by atoms with Gasteiger partial charge in [-0.05, 0) is 74.2 Å². The number of hydrogen-bond donors (Lipinski definition) is 4. The maximum atomic E-state index is 14.5. The van der Waals surface area contributed by atoms with E-state index in [0.717, 1.165) is 5.56 Å². The normalized spacial score (nSPS) is 24.4. The van der Waals surface area contributed by atoms with Crippen LogP contribution in [-0.2, 0) is 25.5 Å². The van der Waals surface area contributed by atoms with Crippen molar-refractivity contribution >= 4 is 18.0 Å². The SMILES string of the molecule is COc1cc([C@@H]2c3cc4c(cc3[C@@H](NC(=O)[C@H](Cc3ccccc3)NC(=O)OC3CC(C)(C)N(O)C(C)(C)C3)[C@H]3COC(=O)[C@H]23)OCO4)cc(OC)c1O. The van der Waals surface area contributed by atoms with Crippen molar-refractivity contribution in [1.82, 2.24) is 15.7 Å². The maximum absolute atomic E-state index is 14.5. The Labute approximate surface area is 313 Å². The molecule has 2 amide bonds. The van der Waals surface area contributed by atoms with Gasteiger partial charge < -0.3 is 49.4 Å². The Hall–Kier alpha value is -5.21. The number of ether oxygens (including phenoxy) is 6. The van der Waals surface area contributed by atoms with E-state index < -0.39 is 65.0 Å². The monoisotopic (exact) mass is 745 g/mol. The molecule has 54 heavy (non-hydrogen) atoms. The average molecular weight is 746 g/mol. The Kier molecular flexibility index (Phi) is 9.77. The predicted molar refractivity (Wildman–Crippen MR) is 193 cm³/mol. The molecule has 5 atom stereocenters. The highest BCUT2D eigenvalue weighted by molar-refractivity contribution is 5.87. The molecule has 0 spiro atoms. The molecule has 0 saturated carbocycles. The van der Waals surface area contributed by atoms with Crippen molar-refractivity contribution in [2.75, 3.05) is 27.6 Å². The summed E-state index contributed by atoms with van der Waals surface area (Å²) in [5, 5.41) is 28.8. The zero-order chi connectivity index (χ0) is 38.5. The number of alkyl carbamates (subject to hydrolysis) is 1. The highest BCUT2D eigenvalue weighted by Gasteiger charge is 2.53. The molecule has 3 aromatic carbocycles. The van der Waals surface area contributed by atoms with Gasteiger partial charge in [-0.15, -0.1) is 0 Å². The van der Waals surface area contributed by atoms with Crippen molar-refractivity contribution < 1.29 is 53.1 Å². The van der Waals surface area contributed by atoms with Crippen LogP contribution in [0.15, 0.2) is 54.6 Å². The fraction of sp³-hybridized carbons (Fsp3) is 0.475. The number of phenols is 1. The molecule has 0 aromatic heterocycles. The van der Waals surface area contributed by atoms with E-state index in [1.807, 2.05) is 70.2 Å². The molecule has 3 heterocycles. The molecule has 4 N–H and O–H groups in total. The fourth-order valence-corrected chi connectivity index (χ4v) is 8.74. The topological polar surface area (TPSA) is 174 Å². The number of aromatic hydroxyl groups is 1. The van der Waals surface area contributed by atoms with Crippen LogP contribution in [-0.4, -0.2) is 84.2 Å². The van der Waals surface area contributed by atoms with Crippen molar-refractivity contribution in [3.63, 3.8) is 0 Å². The van der Waals surface area contributed by atoms with Gasteiger partial charge in [0.05, 0.1) is 32.8 Å². The summed E-state index contributed by atoms with van der Waals surface area (Å²) in [7, 11) is 2.86. The summed E-state index contributed by atoms with van der Waals surface area (Å²) in [5.41, 5.74) is 1.51. The summed E-state index contributed by atoms with van der Waals surface area (Å²) in [5.74, 6) is -1.68. The van der Waals surface area contributed by atoms with Crippen LogP contribution in [0, 0.1) is 11.8 Å². The van der Waals surface area contributed by atoms with Gasteiger partial charge in [0, 0.05) is 42.2 Å². The van der Waals surface area contributed by atoms with E-state index in [0.29, 0.717) is 41.0 Å². The molecule has 14 heteroatoms. The number of methoxy groups -OCH3 is 2. The number of rotatable bonds is 9. The average Bonchev–Trinajstić information content (AvgIpc) is 3.76. The van der Waals surface area contributed by atoms with E-state index >= 15 is 0 Å². The van der Waals surface area contributed by atoms with Crippen molar-refractivity contribution in [3.8, 4) is 28.7 Å². The highest BCUT2D eigenvalue weighted by Crippen LogP contribution is 2.55. The van der Waals surface area contributed by atoms with Gasteiger partial charge in [0.25, 0.3) is 0 Å². The number of hydroxylamine groups is 2. The first-order valence-electron chi connectivity index (χ1n) is 18.1. The highest BCUT2D eigenvalue weighted by atomic mass is 16.7. The predicted octanol–water partition coefficient (Wildman–Crippen LogP) is 4.98. The van der Waals surface area contributed by atoms with Crippen LogP contribution >= 0.6 is 0 Å². The minimum absolute atomic E-state index is 0.00650. The van der Waals surface area contributed by atoms with Gasteiger partial charge >= 0.3 is 12.1 Å². The Balaban J connectivity index is 1.22. The molecule has 0 radical (unpaired) electrons. The van der Waals surface area contributed by atoms with Crippen LogP contribution < -0.4 is 29.6 Å². The van der Waals surface area contributed by atoms with Gasteiger partial charge in [-0.1, -0.05) is 30.3 Å². The number of esters is 1. The molecule has 14 nitrogen and oxygen atoms in total. The first-order chi connectivity index (χ1) is 25.7. The lowest BCUT2D eigenvalue weighted by molar-refractivity contribution is -0.256. The second kappa shape index (κ2) is 14.2. The van der Waals surface area contributed by atoms with Gasteiger partial charge in [-0.25, -0.2) is 4.79 Å². The number of carbonyl (C=O) groups excluding carboxylic acids is 3. The van der Waals surface area contributed by atoms with Crippen molar-refractivity contribution in [1.29, 1.82) is 0 Å². The van der Waals surface area contributed by atoms with Crippen LogP contribution in [0.3, 0.4) is 0 Å². The van der Waals surface area contributed by atoms with Gasteiger partial charge in [0.1, 0.15) is 12.1 Å². The molecule has 3 aliphatic heterocycles. The molecular formula is C40H47N3O11. The minimum atomic E-state index is -1.06. The van der Waals surface area contributed by atoms with Crippen molar-refractivity contribution in [2.45, 2.75) is 82.1 Å². The molecule has 4 aliphatic rings. The molecule has 1 aliphatic carbocycles. The molecule has 0 unspecified atom stereocenters. The molecule has 2 fully saturated rings. The largest absolute Gasteiger partial charge is 0.502 e. The van der Waals surface area contributed by atoms with Gasteiger partial charge in [-0.3, -0.25) is 9.59 Å². The summed E-state index contributed by atoms with van der Waals surface area (Å²) in [6.45, 7) is 7.56. The quantitative estimate of drug-likeness (QED) is 0.217. The Morgan fingerprint density at radius 1 is 0.926 bits per heavy atom. The lowest BCUT2D eigenvalue weighted by atomic mass is 9.65. The van der Waals surface area contributed by atoms with E-state index in [2.05, 4.69) is 10.6 Å². The zero-order valence-electron chi connectivity index (χ0n) is 31.2. The zero-order valence-corrected chi connectivity index (χ0v) is 31.2. The van der Waals surface area contributed by atoms with E-state index in [1.165, 1.54) is 19.3 Å². The molecule has 2 saturated heterocycles. The third kappa shape index (κ3) is 6.84. The van der Waals surface area contributed by atoms with Crippen LogP contribution in [0.4, 0.5) is 4.79 Å². The second-order valence-electron chi connectivity index (χ2n) is 15.7. The first-order valence-corrected chi connectivity index (χ1v) is 18.1. The molecular weight excluding hydrogens is 698 g/mol. The third-order valence-electron chi connectivity index (χ3n) is 11.1. The minimum Gasteiger partial charge on any atom is -0.502 e. The summed E-state index contributed by atoms with van der Waals surface area (Å²) in [6, 6.07) is 14.5. The number of cyclic esters (lactones) is 1. The Morgan fingerprint density at radius 2 is 1.54 bits per heavy atom. The number of phenolic OH excluding ortho intramolecular Hbond substituents is 1. The number of amides is 2. The number of nitrogens with one attached hydrogen (secondary N) is 2. The van der Waals surface area contributed by atoms with Crippen LogP contribution in [0.5, 0.6) is 28.7 Å². The molecule has 288 valence electrons. The number of benzene rings is 3. The summed E-state index contributed by atoms with van der Waals surface area (Å²) >= 11 is 0. The van der Waals surface area contributed by atoms with Crippen LogP contribution in [0.1, 0.15) is 74.8 Å². The lowest BCUT2D eigenvalue weighted by Gasteiger charge is -2.50. The Morgan fingerprint density at radius 3 is 2.15 bits per heavy atom. The summed E-state index contributed by atoms with van der Waals surface area (Å²) in [6.07, 6.45) is -0.323. The standard InChI is InChI=1S/C40H47N3O11/c1-39(2)17-23(18-40(3,4)43(39)48)54-38(47)41-27(12-21-10-8-7-9-11-21)36(45)42-34-25-16-29-28(52-20-53-29)15-24(25)32(33-26(34)19-51-37(33)46)22-13-30(49-5)35(44)31(14-22)50-6/h7-11,13-16,23,26-27,32-34,44,48H,12,17-20H2,1-6H3,(H,41,47)(H,42,45)/t26-,27-,32+,33-,34+/m0/s1. The number of fused-ring (bicyclic) bond motifs is 3. The van der Waals surface area contributed by atoms with E-state index in [1.54, 1.807) is 12.1 Å². The number of carbonyl (C=O) groups is 3. The Bertz CT molecular complexity index is 1890. The third-order valence-corrected chi connectivity index (χ3v) is 11.1. The summed E-state index contributed by atoms with van der Waals surface area (Å²) in [4.78, 5) is 41.7. The van der Waals surface area contributed by atoms with Gasteiger partial charge in [0.15, 0.2) is 23.0 Å². The molecule has 7 rings (SSSR count).